The number of likely N-dealkylation sites (tertiary alicyclic amines) is 1. The van der Waals surface area contributed by atoms with Crippen molar-refractivity contribution < 1.29 is 19.2 Å². The summed E-state index contributed by atoms with van der Waals surface area (Å²) in [6, 6.07) is 6.11. The highest BCUT2D eigenvalue weighted by atomic mass is 16.5. The Labute approximate surface area is 152 Å². The predicted molar refractivity (Wildman–Crippen MR) is 97.6 cm³/mol. The van der Waals surface area contributed by atoms with Crippen LogP contribution >= 0.6 is 0 Å². The third kappa shape index (κ3) is 2.70. The van der Waals surface area contributed by atoms with Crippen molar-refractivity contribution in [2.45, 2.75) is 38.1 Å². The Morgan fingerprint density at radius 3 is 2.81 bits per heavy atom. The lowest BCUT2D eigenvalue weighted by atomic mass is 9.80. The summed E-state index contributed by atoms with van der Waals surface area (Å²) < 4.78 is 11.1. The SMILES string of the molecule is CCC1(c2noc3cc(N4CCOCC4)ccc23)CCCCN1C(=O)O. The molecule has 26 heavy (non-hydrogen) atoms. The number of carboxylic acid groups (broad SMARTS) is 1. The number of anilines is 1. The Balaban J connectivity index is 1.75. The first-order chi connectivity index (χ1) is 12.7. The Kier molecular flexibility index (Phi) is 4.48. The van der Waals surface area contributed by atoms with Crippen LogP contribution in [-0.4, -0.2) is 54.1 Å². The van der Waals surface area contributed by atoms with Gasteiger partial charge in [-0.2, -0.15) is 0 Å². The molecule has 2 aromatic rings. The topological polar surface area (TPSA) is 79.0 Å². The van der Waals surface area contributed by atoms with Crippen LogP contribution in [0.3, 0.4) is 0 Å². The van der Waals surface area contributed by atoms with E-state index in [0.29, 0.717) is 18.5 Å². The molecule has 1 aromatic carbocycles. The summed E-state index contributed by atoms with van der Waals surface area (Å²) in [5.74, 6) is 0. The molecule has 0 spiro atoms. The number of fused-ring (bicyclic) bond motifs is 1. The van der Waals surface area contributed by atoms with Crippen molar-refractivity contribution in [3.63, 3.8) is 0 Å². The van der Waals surface area contributed by atoms with E-state index in [9.17, 15) is 9.90 Å². The molecule has 7 nitrogen and oxygen atoms in total. The molecule has 0 aliphatic carbocycles. The smallest absolute Gasteiger partial charge is 0.408 e. The number of ether oxygens (including phenoxy) is 1. The summed E-state index contributed by atoms with van der Waals surface area (Å²) in [5.41, 5.74) is 1.96. The zero-order chi connectivity index (χ0) is 18.1. The van der Waals surface area contributed by atoms with Crippen molar-refractivity contribution in [1.29, 1.82) is 0 Å². The average Bonchev–Trinajstić information content (AvgIpc) is 3.12. The second-order valence-corrected chi connectivity index (χ2v) is 7.09. The third-order valence-corrected chi connectivity index (χ3v) is 5.83. The van der Waals surface area contributed by atoms with E-state index in [0.717, 1.165) is 62.3 Å². The molecule has 2 aliphatic heterocycles. The second-order valence-electron chi connectivity index (χ2n) is 7.09. The van der Waals surface area contributed by atoms with Gasteiger partial charge in [-0.1, -0.05) is 12.1 Å². The first kappa shape index (κ1) is 17.1. The molecule has 1 atom stereocenters. The summed E-state index contributed by atoms with van der Waals surface area (Å²) in [5, 5.41) is 15.0. The number of piperidine rings is 1. The molecule has 0 saturated carbocycles. The van der Waals surface area contributed by atoms with Gasteiger partial charge in [-0.3, -0.25) is 4.90 Å². The fourth-order valence-electron chi connectivity index (χ4n) is 4.38. The summed E-state index contributed by atoms with van der Waals surface area (Å²) in [4.78, 5) is 15.7. The molecule has 2 saturated heterocycles. The minimum absolute atomic E-state index is 0.545. The van der Waals surface area contributed by atoms with E-state index < -0.39 is 11.6 Å². The summed E-state index contributed by atoms with van der Waals surface area (Å²) in [6.45, 7) is 5.75. The van der Waals surface area contributed by atoms with Gasteiger partial charge in [-0.15, -0.1) is 0 Å². The Morgan fingerprint density at radius 1 is 1.27 bits per heavy atom. The zero-order valence-corrected chi connectivity index (χ0v) is 15.1. The molecule has 140 valence electrons. The molecule has 1 aromatic heterocycles. The van der Waals surface area contributed by atoms with Crippen LogP contribution in [0.25, 0.3) is 11.0 Å². The van der Waals surface area contributed by atoms with Gasteiger partial charge in [0.25, 0.3) is 0 Å². The number of nitrogens with zero attached hydrogens (tertiary/aromatic N) is 3. The molecule has 1 amide bonds. The minimum atomic E-state index is -0.882. The fourth-order valence-corrected chi connectivity index (χ4v) is 4.38. The largest absolute Gasteiger partial charge is 0.465 e. The van der Waals surface area contributed by atoms with E-state index in [-0.39, 0.29) is 0 Å². The van der Waals surface area contributed by atoms with Crippen LogP contribution in [0.4, 0.5) is 10.5 Å². The molecular formula is C19H25N3O4. The number of hydrogen-bond donors (Lipinski definition) is 1. The van der Waals surface area contributed by atoms with E-state index >= 15 is 0 Å². The molecule has 4 rings (SSSR count). The number of hydrogen-bond acceptors (Lipinski definition) is 5. The summed E-state index contributed by atoms with van der Waals surface area (Å²) in [7, 11) is 0. The van der Waals surface area contributed by atoms with E-state index in [4.69, 9.17) is 9.26 Å². The van der Waals surface area contributed by atoms with Crippen molar-refractivity contribution in [3.05, 3.63) is 23.9 Å². The number of carbonyl (C=O) groups is 1. The van der Waals surface area contributed by atoms with Gasteiger partial charge in [0.2, 0.25) is 0 Å². The first-order valence-electron chi connectivity index (χ1n) is 9.39. The van der Waals surface area contributed by atoms with E-state index in [1.54, 1.807) is 4.90 Å². The van der Waals surface area contributed by atoms with Crippen molar-refractivity contribution in [2.75, 3.05) is 37.7 Å². The van der Waals surface area contributed by atoms with Crippen molar-refractivity contribution in [2.24, 2.45) is 0 Å². The monoisotopic (exact) mass is 359 g/mol. The van der Waals surface area contributed by atoms with Crippen LogP contribution in [0.5, 0.6) is 0 Å². The van der Waals surface area contributed by atoms with Crippen molar-refractivity contribution >= 4 is 22.7 Å². The van der Waals surface area contributed by atoms with Crippen molar-refractivity contribution in [1.82, 2.24) is 10.1 Å². The van der Waals surface area contributed by atoms with Crippen LogP contribution in [0.2, 0.25) is 0 Å². The predicted octanol–water partition coefficient (Wildman–Crippen LogP) is 3.43. The van der Waals surface area contributed by atoms with Gasteiger partial charge in [0.15, 0.2) is 5.58 Å². The quantitative estimate of drug-likeness (QED) is 0.904. The van der Waals surface area contributed by atoms with Crippen LogP contribution in [0.15, 0.2) is 22.7 Å². The highest BCUT2D eigenvalue weighted by molar-refractivity contribution is 5.84. The van der Waals surface area contributed by atoms with Gasteiger partial charge < -0.3 is 19.3 Å². The average molecular weight is 359 g/mol. The van der Waals surface area contributed by atoms with Gasteiger partial charge in [0, 0.05) is 36.8 Å². The molecule has 3 heterocycles. The molecule has 2 aliphatic rings. The number of morpholine rings is 1. The maximum absolute atomic E-state index is 11.9. The summed E-state index contributed by atoms with van der Waals surface area (Å²) >= 11 is 0. The maximum atomic E-state index is 11.9. The standard InChI is InChI=1S/C19H25N3O4/c1-2-19(7-3-4-8-22(19)18(23)24)17-15-6-5-14(13-16(15)26-20-17)21-9-11-25-12-10-21/h5-6,13H,2-4,7-12H2,1H3,(H,23,24). The second kappa shape index (κ2) is 6.79. The number of benzene rings is 1. The van der Waals surface area contributed by atoms with E-state index in [2.05, 4.69) is 16.1 Å². The fraction of sp³-hybridized carbons (Fsp3) is 0.579. The van der Waals surface area contributed by atoms with Crippen LogP contribution in [-0.2, 0) is 10.3 Å². The van der Waals surface area contributed by atoms with Gasteiger partial charge in [0.1, 0.15) is 5.69 Å². The molecule has 0 bridgehead atoms. The van der Waals surface area contributed by atoms with Gasteiger partial charge >= 0.3 is 6.09 Å². The molecule has 1 N–H and O–H groups in total. The lowest BCUT2D eigenvalue weighted by Crippen LogP contribution is -2.51. The molecule has 2 fully saturated rings. The van der Waals surface area contributed by atoms with Gasteiger partial charge in [0.05, 0.1) is 18.8 Å². The van der Waals surface area contributed by atoms with Gasteiger partial charge in [-0.25, -0.2) is 4.79 Å². The lowest BCUT2D eigenvalue weighted by molar-refractivity contribution is 0.0379. The van der Waals surface area contributed by atoms with Crippen LogP contribution in [0.1, 0.15) is 38.3 Å². The lowest BCUT2D eigenvalue weighted by Gasteiger charge is -2.44. The Morgan fingerprint density at radius 2 is 2.08 bits per heavy atom. The molecule has 1 unspecified atom stereocenters. The Bertz CT molecular complexity index is 799. The number of aromatic nitrogens is 1. The molecule has 0 radical (unpaired) electrons. The van der Waals surface area contributed by atoms with Crippen LogP contribution in [0, 0.1) is 0 Å². The van der Waals surface area contributed by atoms with Gasteiger partial charge in [-0.05, 0) is 37.8 Å². The zero-order valence-electron chi connectivity index (χ0n) is 15.1. The third-order valence-electron chi connectivity index (χ3n) is 5.83. The maximum Gasteiger partial charge on any atom is 0.408 e. The molecular weight excluding hydrogens is 334 g/mol. The van der Waals surface area contributed by atoms with E-state index in [1.165, 1.54) is 0 Å². The number of amides is 1. The minimum Gasteiger partial charge on any atom is -0.465 e. The Hall–Kier alpha value is -2.28. The van der Waals surface area contributed by atoms with Crippen LogP contribution < -0.4 is 4.90 Å². The molecule has 7 heteroatoms. The normalized spacial score (nSPS) is 24.2. The van der Waals surface area contributed by atoms with Crippen molar-refractivity contribution in [3.8, 4) is 0 Å². The summed E-state index contributed by atoms with van der Waals surface area (Å²) in [6.07, 6.45) is 2.48. The highest BCUT2D eigenvalue weighted by Gasteiger charge is 2.45. The first-order valence-corrected chi connectivity index (χ1v) is 9.39. The highest BCUT2D eigenvalue weighted by Crippen LogP contribution is 2.43. The van der Waals surface area contributed by atoms with E-state index in [1.807, 2.05) is 19.1 Å². The number of rotatable bonds is 3.